The molecule has 4 nitrogen and oxygen atoms in total. The number of hydrogen-bond acceptors (Lipinski definition) is 2. The van der Waals surface area contributed by atoms with Gasteiger partial charge in [0.1, 0.15) is 5.65 Å². The van der Waals surface area contributed by atoms with Crippen LogP contribution in [0.1, 0.15) is 18.2 Å². The fourth-order valence-corrected chi connectivity index (χ4v) is 2.66. The summed E-state index contributed by atoms with van der Waals surface area (Å²) < 4.78 is 2.91. The van der Waals surface area contributed by atoms with E-state index in [0.717, 1.165) is 27.0 Å². The van der Waals surface area contributed by atoms with Crippen molar-refractivity contribution in [2.75, 3.05) is 0 Å². The SMILES string of the molecule is C/C(=C\C(=O)NCc1cn2cc(Br)ccc2n1)c1ccccc1. The summed E-state index contributed by atoms with van der Waals surface area (Å²) in [5.74, 6) is -0.121. The Morgan fingerprint density at radius 3 is 2.78 bits per heavy atom. The monoisotopic (exact) mass is 369 g/mol. The van der Waals surface area contributed by atoms with Crippen molar-refractivity contribution in [1.82, 2.24) is 14.7 Å². The Kier molecular flexibility index (Phi) is 4.57. The lowest BCUT2D eigenvalue weighted by Gasteiger charge is -2.02. The number of aromatic nitrogens is 2. The summed E-state index contributed by atoms with van der Waals surface area (Å²) in [5.41, 5.74) is 3.65. The molecule has 3 aromatic rings. The predicted octanol–water partition coefficient (Wildman–Crippen LogP) is 3.82. The van der Waals surface area contributed by atoms with Gasteiger partial charge in [-0.3, -0.25) is 4.79 Å². The van der Waals surface area contributed by atoms with Crippen LogP contribution in [0.3, 0.4) is 0 Å². The zero-order valence-corrected chi connectivity index (χ0v) is 14.2. The molecule has 0 bridgehead atoms. The largest absolute Gasteiger partial charge is 0.347 e. The summed E-state index contributed by atoms with van der Waals surface area (Å²) in [6.45, 7) is 2.33. The van der Waals surface area contributed by atoms with Gasteiger partial charge in [0.2, 0.25) is 5.91 Å². The Labute approximate surface area is 143 Å². The highest BCUT2D eigenvalue weighted by atomic mass is 79.9. The molecule has 1 aromatic carbocycles. The first-order chi connectivity index (χ1) is 11.1. The molecule has 2 aromatic heterocycles. The van der Waals surface area contributed by atoms with Gasteiger partial charge >= 0.3 is 0 Å². The lowest BCUT2D eigenvalue weighted by Crippen LogP contribution is -2.20. The number of halogens is 1. The van der Waals surface area contributed by atoms with Crippen LogP contribution >= 0.6 is 15.9 Å². The zero-order valence-electron chi connectivity index (χ0n) is 12.7. The van der Waals surface area contributed by atoms with E-state index in [9.17, 15) is 4.79 Å². The van der Waals surface area contributed by atoms with Gasteiger partial charge in [-0.25, -0.2) is 4.98 Å². The molecule has 0 spiro atoms. The van der Waals surface area contributed by atoms with Crippen molar-refractivity contribution in [3.63, 3.8) is 0 Å². The average Bonchev–Trinajstić information content (AvgIpc) is 2.95. The van der Waals surface area contributed by atoms with E-state index in [-0.39, 0.29) is 5.91 Å². The van der Waals surface area contributed by atoms with Crippen LogP contribution in [-0.2, 0) is 11.3 Å². The van der Waals surface area contributed by atoms with Crippen LogP contribution < -0.4 is 5.32 Å². The van der Waals surface area contributed by atoms with Crippen LogP contribution in [0.15, 0.2) is 65.4 Å². The molecular formula is C18H16BrN3O. The summed E-state index contributed by atoms with van der Waals surface area (Å²) in [6.07, 6.45) is 5.46. The van der Waals surface area contributed by atoms with Crippen LogP contribution in [0, 0.1) is 0 Å². The number of carbonyl (C=O) groups excluding carboxylic acids is 1. The van der Waals surface area contributed by atoms with E-state index >= 15 is 0 Å². The molecular weight excluding hydrogens is 354 g/mol. The smallest absolute Gasteiger partial charge is 0.244 e. The van der Waals surface area contributed by atoms with Crippen molar-refractivity contribution < 1.29 is 4.79 Å². The highest BCUT2D eigenvalue weighted by Gasteiger charge is 2.04. The Bertz CT molecular complexity index is 868. The number of pyridine rings is 1. The number of allylic oxidation sites excluding steroid dienone is 1. The number of rotatable bonds is 4. The molecule has 0 saturated carbocycles. The molecule has 1 N–H and O–H groups in total. The second-order valence-corrected chi connectivity index (χ2v) is 6.17. The van der Waals surface area contributed by atoms with E-state index in [1.165, 1.54) is 0 Å². The van der Waals surface area contributed by atoms with Crippen molar-refractivity contribution in [2.45, 2.75) is 13.5 Å². The molecule has 3 rings (SSSR count). The third-order valence-corrected chi connectivity index (χ3v) is 3.95. The first-order valence-corrected chi connectivity index (χ1v) is 8.06. The number of imidazole rings is 1. The molecule has 0 fully saturated rings. The first kappa shape index (κ1) is 15.5. The molecule has 0 aliphatic rings. The van der Waals surface area contributed by atoms with Crippen molar-refractivity contribution in [2.24, 2.45) is 0 Å². The van der Waals surface area contributed by atoms with Gasteiger partial charge in [0.15, 0.2) is 0 Å². The quantitative estimate of drug-likeness (QED) is 0.710. The third kappa shape index (κ3) is 3.87. The lowest BCUT2D eigenvalue weighted by molar-refractivity contribution is -0.116. The maximum Gasteiger partial charge on any atom is 0.244 e. The van der Waals surface area contributed by atoms with Crippen LogP contribution in [0.25, 0.3) is 11.2 Å². The first-order valence-electron chi connectivity index (χ1n) is 7.26. The number of carbonyl (C=O) groups is 1. The van der Waals surface area contributed by atoms with Crippen LogP contribution in [0.2, 0.25) is 0 Å². The Balaban J connectivity index is 1.66. The maximum atomic E-state index is 12.0. The van der Waals surface area contributed by atoms with E-state index in [1.54, 1.807) is 6.08 Å². The highest BCUT2D eigenvalue weighted by molar-refractivity contribution is 9.10. The Morgan fingerprint density at radius 2 is 2.00 bits per heavy atom. The number of nitrogens with one attached hydrogen (secondary N) is 1. The van der Waals surface area contributed by atoms with Crippen molar-refractivity contribution >= 4 is 33.1 Å². The van der Waals surface area contributed by atoms with Crippen LogP contribution in [-0.4, -0.2) is 15.3 Å². The predicted molar refractivity (Wildman–Crippen MR) is 94.8 cm³/mol. The zero-order chi connectivity index (χ0) is 16.2. The van der Waals surface area contributed by atoms with Gasteiger partial charge in [0, 0.05) is 22.9 Å². The standard InChI is InChI=1S/C18H16BrN3O/c1-13(14-5-3-2-4-6-14)9-18(23)20-10-16-12-22-11-15(19)7-8-17(22)21-16/h2-9,11-12H,10H2,1H3,(H,20,23)/b13-9+. The number of benzene rings is 1. The van der Waals surface area contributed by atoms with Crippen molar-refractivity contribution in [1.29, 1.82) is 0 Å². The lowest BCUT2D eigenvalue weighted by atomic mass is 10.1. The van der Waals surface area contributed by atoms with E-state index in [4.69, 9.17) is 0 Å². The van der Waals surface area contributed by atoms with Crippen molar-refractivity contribution in [3.8, 4) is 0 Å². The van der Waals surface area contributed by atoms with Gasteiger partial charge in [-0.15, -0.1) is 0 Å². The van der Waals surface area contributed by atoms with Gasteiger partial charge in [-0.05, 0) is 46.1 Å². The van der Waals surface area contributed by atoms with Gasteiger partial charge < -0.3 is 9.72 Å². The van der Waals surface area contributed by atoms with Gasteiger partial charge in [-0.2, -0.15) is 0 Å². The molecule has 2 heterocycles. The summed E-state index contributed by atoms with van der Waals surface area (Å²) >= 11 is 3.43. The summed E-state index contributed by atoms with van der Waals surface area (Å²) in [5, 5.41) is 2.87. The molecule has 0 aliphatic carbocycles. The van der Waals surface area contributed by atoms with E-state index in [0.29, 0.717) is 6.54 Å². The second kappa shape index (κ2) is 6.79. The molecule has 5 heteroatoms. The minimum absolute atomic E-state index is 0.121. The summed E-state index contributed by atoms with van der Waals surface area (Å²) in [7, 11) is 0. The molecule has 0 saturated heterocycles. The third-order valence-electron chi connectivity index (χ3n) is 3.49. The summed E-state index contributed by atoms with van der Waals surface area (Å²) in [6, 6.07) is 13.7. The second-order valence-electron chi connectivity index (χ2n) is 5.26. The number of amides is 1. The molecule has 0 atom stereocenters. The molecule has 116 valence electrons. The van der Waals surface area contributed by atoms with E-state index < -0.39 is 0 Å². The topological polar surface area (TPSA) is 46.4 Å². The molecule has 0 unspecified atom stereocenters. The normalized spacial score (nSPS) is 11.7. The van der Waals surface area contributed by atoms with E-state index in [1.807, 2.05) is 66.2 Å². The molecule has 23 heavy (non-hydrogen) atoms. The highest BCUT2D eigenvalue weighted by Crippen LogP contribution is 2.13. The Morgan fingerprint density at radius 1 is 1.22 bits per heavy atom. The minimum atomic E-state index is -0.121. The molecule has 0 aliphatic heterocycles. The Hall–Kier alpha value is -2.40. The molecule has 0 radical (unpaired) electrons. The number of hydrogen-bond donors (Lipinski definition) is 1. The minimum Gasteiger partial charge on any atom is -0.347 e. The maximum absolute atomic E-state index is 12.0. The van der Waals surface area contributed by atoms with Gasteiger partial charge in [0.25, 0.3) is 0 Å². The van der Waals surface area contributed by atoms with E-state index in [2.05, 4.69) is 26.2 Å². The van der Waals surface area contributed by atoms with Crippen molar-refractivity contribution in [3.05, 3.63) is 76.7 Å². The van der Waals surface area contributed by atoms with Gasteiger partial charge in [-0.1, -0.05) is 30.3 Å². The van der Waals surface area contributed by atoms with Crippen LogP contribution in [0.5, 0.6) is 0 Å². The fourth-order valence-electron chi connectivity index (χ4n) is 2.31. The number of nitrogens with zero attached hydrogens (tertiary/aromatic N) is 2. The van der Waals surface area contributed by atoms with Crippen LogP contribution in [0.4, 0.5) is 0 Å². The van der Waals surface area contributed by atoms with Gasteiger partial charge in [0.05, 0.1) is 12.2 Å². The number of fused-ring (bicyclic) bond motifs is 1. The summed E-state index contributed by atoms with van der Waals surface area (Å²) in [4.78, 5) is 16.5. The molecule has 1 amide bonds. The fraction of sp³-hybridized carbons (Fsp3) is 0.111. The average molecular weight is 370 g/mol.